The third kappa shape index (κ3) is 4.37. The lowest BCUT2D eigenvalue weighted by atomic mass is 10.1. The highest BCUT2D eigenvalue weighted by Gasteiger charge is 2.09. The predicted octanol–water partition coefficient (Wildman–Crippen LogP) is 4.42. The monoisotopic (exact) mass is 366 g/mol. The minimum atomic E-state index is -0.259. The molecule has 0 radical (unpaired) electrons. The van der Waals surface area contributed by atoms with Crippen LogP contribution in [0.5, 0.6) is 0 Å². The van der Waals surface area contributed by atoms with E-state index < -0.39 is 0 Å². The largest absolute Gasteiger partial charge is 0.347 e. The molecule has 26 heavy (non-hydrogen) atoms. The standard InChI is InChI=1S/C20H19ClN4O/c1-13-5-3-4-6-15(13)10-24-20(26)18-11-23-19(12-22-18)25-16-8-7-14(2)17(21)9-16/h3-9,11-12H,10H2,1-2H3,(H,23,25)(H,24,26). The molecule has 0 aliphatic rings. The van der Waals surface area contributed by atoms with E-state index in [1.807, 2.05) is 56.3 Å². The Hall–Kier alpha value is -2.92. The average molecular weight is 367 g/mol. The van der Waals surface area contributed by atoms with Crippen molar-refractivity contribution in [1.82, 2.24) is 15.3 Å². The van der Waals surface area contributed by atoms with Crippen LogP contribution in [-0.2, 0) is 6.54 Å². The Labute approximate surface area is 157 Å². The molecule has 3 aromatic rings. The van der Waals surface area contributed by atoms with E-state index >= 15 is 0 Å². The number of hydrogen-bond donors (Lipinski definition) is 2. The van der Waals surface area contributed by atoms with Crippen molar-refractivity contribution in [3.05, 3.63) is 82.3 Å². The lowest BCUT2D eigenvalue weighted by Crippen LogP contribution is -2.24. The van der Waals surface area contributed by atoms with Gasteiger partial charge in [-0.25, -0.2) is 9.97 Å². The van der Waals surface area contributed by atoms with E-state index in [9.17, 15) is 4.79 Å². The summed E-state index contributed by atoms with van der Waals surface area (Å²) < 4.78 is 0. The van der Waals surface area contributed by atoms with Crippen LogP contribution in [0.2, 0.25) is 5.02 Å². The molecule has 5 nitrogen and oxygen atoms in total. The van der Waals surface area contributed by atoms with Crippen molar-refractivity contribution in [2.45, 2.75) is 20.4 Å². The summed E-state index contributed by atoms with van der Waals surface area (Å²) in [5.41, 5.74) is 4.29. The molecule has 1 aromatic heterocycles. The summed E-state index contributed by atoms with van der Waals surface area (Å²) in [6, 6.07) is 13.6. The second-order valence-electron chi connectivity index (χ2n) is 5.99. The SMILES string of the molecule is Cc1ccc(Nc2cnc(C(=O)NCc3ccccc3C)cn2)cc1Cl. The van der Waals surface area contributed by atoms with Gasteiger partial charge >= 0.3 is 0 Å². The molecule has 2 N–H and O–H groups in total. The van der Waals surface area contributed by atoms with E-state index in [1.54, 1.807) is 0 Å². The zero-order valence-electron chi connectivity index (χ0n) is 14.6. The number of hydrogen-bond acceptors (Lipinski definition) is 4. The van der Waals surface area contributed by atoms with E-state index in [-0.39, 0.29) is 11.6 Å². The number of amides is 1. The highest BCUT2D eigenvalue weighted by molar-refractivity contribution is 6.31. The first-order chi connectivity index (χ1) is 12.5. The second-order valence-corrected chi connectivity index (χ2v) is 6.39. The van der Waals surface area contributed by atoms with Gasteiger partial charge in [0.1, 0.15) is 11.5 Å². The number of rotatable bonds is 5. The van der Waals surface area contributed by atoms with Crippen LogP contribution in [0.1, 0.15) is 27.2 Å². The first-order valence-corrected chi connectivity index (χ1v) is 8.58. The van der Waals surface area contributed by atoms with Crippen molar-refractivity contribution in [3.63, 3.8) is 0 Å². The van der Waals surface area contributed by atoms with Crippen LogP contribution in [0, 0.1) is 13.8 Å². The quantitative estimate of drug-likeness (QED) is 0.701. The lowest BCUT2D eigenvalue weighted by Gasteiger charge is -2.09. The second kappa shape index (κ2) is 7.97. The maximum Gasteiger partial charge on any atom is 0.271 e. The van der Waals surface area contributed by atoms with Crippen LogP contribution in [0.3, 0.4) is 0 Å². The zero-order chi connectivity index (χ0) is 18.5. The van der Waals surface area contributed by atoms with Gasteiger partial charge in [0, 0.05) is 17.3 Å². The summed E-state index contributed by atoms with van der Waals surface area (Å²) >= 11 is 6.11. The Morgan fingerprint density at radius 2 is 1.85 bits per heavy atom. The molecule has 0 saturated heterocycles. The summed E-state index contributed by atoms with van der Waals surface area (Å²) in [5.74, 6) is 0.283. The molecule has 0 unspecified atom stereocenters. The van der Waals surface area contributed by atoms with Crippen molar-refractivity contribution in [1.29, 1.82) is 0 Å². The van der Waals surface area contributed by atoms with E-state index in [1.165, 1.54) is 12.4 Å². The maximum atomic E-state index is 12.2. The molecule has 3 rings (SSSR count). The first kappa shape index (κ1) is 17.9. The number of anilines is 2. The molecular weight excluding hydrogens is 348 g/mol. The number of carbonyl (C=O) groups is 1. The summed E-state index contributed by atoms with van der Waals surface area (Å²) in [6.07, 6.45) is 2.97. The van der Waals surface area contributed by atoms with Crippen LogP contribution in [0.15, 0.2) is 54.9 Å². The molecule has 2 aromatic carbocycles. The molecule has 132 valence electrons. The first-order valence-electron chi connectivity index (χ1n) is 8.21. The van der Waals surface area contributed by atoms with Gasteiger partial charge < -0.3 is 10.6 Å². The molecule has 0 saturated carbocycles. The maximum absolute atomic E-state index is 12.2. The zero-order valence-corrected chi connectivity index (χ0v) is 15.3. The van der Waals surface area contributed by atoms with Crippen molar-refractivity contribution >= 4 is 29.0 Å². The minimum absolute atomic E-state index is 0.259. The van der Waals surface area contributed by atoms with Crippen molar-refractivity contribution in [3.8, 4) is 0 Å². The van der Waals surface area contributed by atoms with Gasteiger partial charge in [-0.15, -0.1) is 0 Å². The molecule has 6 heteroatoms. The number of aryl methyl sites for hydroxylation is 2. The number of carbonyl (C=O) groups excluding carboxylic acids is 1. The number of nitrogens with zero attached hydrogens (tertiary/aromatic N) is 2. The van der Waals surface area contributed by atoms with Crippen molar-refractivity contribution in [2.24, 2.45) is 0 Å². The number of halogens is 1. The molecule has 0 aliphatic heterocycles. The Morgan fingerprint density at radius 1 is 1.04 bits per heavy atom. The molecule has 0 atom stereocenters. The van der Waals surface area contributed by atoms with E-state index in [4.69, 9.17) is 11.6 Å². The highest BCUT2D eigenvalue weighted by Crippen LogP contribution is 2.22. The fourth-order valence-electron chi connectivity index (χ4n) is 2.40. The molecule has 0 bridgehead atoms. The molecule has 1 heterocycles. The molecule has 0 fully saturated rings. The fourth-order valence-corrected chi connectivity index (χ4v) is 2.58. The minimum Gasteiger partial charge on any atom is -0.347 e. The Bertz CT molecular complexity index is 925. The summed E-state index contributed by atoms with van der Waals surface area (Å²) in [6.45, 7) is 4.41. The van der Waals surface area contributed by atoms with Crippen LogP contribution >= 0.6 is 11.6 Å². The molecule has 0 spiro atoms. The van der Waals surface area contributed by atoms with Gasteiger partial charge in [0.05, 0.1) is 12.4 Å². The van der Waals surface area contributed by atoms with Gasteiger partial charge in [-0.05, 0) is 42.7 Å². The van der Waals surface area contributed by atoms with E-state index in [0.717, 1.165) is 22.4 Å². The topological polar surface area (TPSA) is 66.9 Å². The van der Waals surface area contributed by atoms with E-state index in [2.05, 4.69) is 20.6 Å². The van der Waals surface area contributed by atoms with Gasteiger partial charge in [-0.3, -0.25) is 4.79 Å². The number of aromatic nitrogens is 2. The Morgan fingerprint density at radius 3 is 2.54 bits per heavy atom. The van der Waals surface area contributed by atoms with Crippen LogP contribution < -0.4 is 10.6 Å². The molecular formula is C20H19ClN4O. The van der Waals surface area contributed by atoms with E-state index in [0.29, 0.717) is 17.4 Å². The van der Waals surface area contributed by atoms with Crippen LogP contribution in [0.4, 0.5) is 11.5 Å². The Kier molecular flexibility index (Phi) is 5.49. The van der Waals surface area contributed by atoms with Gasteiger partial charge in [0.15, 0.2) is 0 Å². The van der Waals surface area contributed by atoms with Gasteiger partial charge in [-0.2, -0.15) is 0 Å². The summed E-state index contributed by atoms with van der Waals surface area (Å²) in [5, 5.41) is 6.65. The molecule has 0 aliphatic carbocycles. The third-order valence-corrected chi connectivity index (χ3v) is 4.44. The number of nitrogens with one attached hydrogen (secondary N) is 2. The summed E-state index contributed by atoms with van der Waals surface area (Å²) in [4.78, 5) is 20.7. The highest BCUT2D eigenvalue weighted by atomic mass is 35.5. The lowest BCUT2D eigenvalue weighted by molar-refractivity contribution is 0.0945. The van der Waals surface area contributed by atoms with Crippen molar-refractivity contribution < 1.29 is 4.79 Å². The number of benzene rings is 2. The van der Waals surface area contributed by atoms with Gasteiger partial charge in [0.2, 0.25) is 0 Å². The normalized spacial score (nSPS) is 10.4. The third-order valence-electron chi connectivity index (χ3n) is 4.03. The molecule has 1 amide bonds. The Balaban J connectivity index is 1.62. The van der Waals surface area contributed by atoms with Gasteiger partial charge in [0.25, 0.3) is 5.91 Å². The van der Waals surface area contributed by atoms with Gasteiger partial charge in [-0.1, -0.05) is 41.9 Å². The van der Waals surface area contributed by atoms with Crippen LogP contribution in [0.25, 0.3) is 0 Å². The van der Waals surface area contributed by atoms with Crippen molar-refractivity contribution in [2.75, 3.05) is 5.32 Å². The fraction of sp³-hybridized carbons (Fsp3) is 0.150. The predicted molar refractivity (Wildman–Crippen MR) is 104 cm³/mol. The smallest absolute Gasteiger partial charge is 0.271 e. The van der Waals surface area contributed by atoms with Crippen LogP contribution in [-0.4, -0.2) is 15.9 Å². The average Bonchev–Trinajstić information content (AvgIpc) is 2.64. The summed E-state index contributed by atoms with van der Waals surface area (Å²) in [7, 11) is 0.